The molecule has 2 saturated heterocycles. The van der Waals surface area contributed by atoms with E-state index in [1.807, 2.05) is 50.4 Å². The highest BCUT2D eigenvalue weighted by Gasteiger charge is 2.54. The van der Waals surface area contributed by atoms with E-state index in [1.54, 1.807) is 24.4 Å². The zero-order chi connectivity index (χ0) is 41.3. The smallest absolute Gasteiger partial charge is 0.309 e. The summed E-state index contributed by atoms with van der Waals surface area (Å²) in [4.78, 5) is 33.7. The Labute approximate surface area is 352 Å². The van der Waals surface area contributed by atoms with Crippen molar-refractivity contribution >= 4 is 24.1 Å². The van der Waals surface area contributed by atoms with Crippen LogP contribution in [-0.4, -0.2) is 34.1 Å². The molecule has 12 atom stereocenters. The normalized spacial score (nSPS) is 33.2. The fraction of sp³-hybridized carbons (Fsp3) is 0.462. The maximum atomic E-state index is 13.5. The second-order valence-electron chi connectivity index (χ2n) is 18.4. The summed E-state index contributed by atoms with van der Waals surface area (Å²) in [6.07, 6.45) is 24.9. The van der Waals surface area contributed by atoms with Gasteiger partial charge in [-0.05, 0) is 121 Å². The standard InChI is InChI=1S/2C26H28FNO2/c1-16-25-23(22-8-3-2-5-18(22)14-24(25)30-26(16)29)12-11-21-10-9-19(15-28-21)17-6-4-7-20(27)13-17;1-16-25-23(22-5-3-2-4-18(22)14-24(25)30-26(16)29)13-12-21-11-8-19(15-28-21)17-6-9-20(27)10-7-17/h4,6-7,9-13,15-16,18,22-25H,2-3,5,8,14H2,1H3;6-13,15-16,18,22-25H,2-5,14H2,1H3/b12-11+;13-12+/t2*16-,18-,22+,23-,24-,25+/m00/s1. The lowest BCUT2D eigenvalue weighted by atomic mass is 9.59. The number of fused-ring (bicyclic) bond motifs is 4. The van der Waals surface area contributed by atoms with Crippen molar-refractivity contribution in [3.05, 3.63) is 120 Å². The number of hydrogen-bond acceptors (Lipinski definition) is 6. The molecule has 4 heterocycles. The van der Waals surface area contributed by atoms with Gasteiger partial charge in [0.05, 0.1) is 23.2 Å². The summed E-state index contributed by atoms with van der Waals surface area (Å²) in [5, 5.41) is 0. The van der Waals surface area contributed by atoms with E-state index in [-0.39, 0.29) is 59.5 Å². The summed E-state index contributed by atoms with van der Waals surface area (Å²) < 4.78 is 38.2. The van der Waals surface area contributed by atoms with Gasteiger partial charge in [0.1, 0.15) is 23.8 Å². The summed E-state index contributed by atoms with van der Waals surface area (Å²) in [6, 6.07) is 21.0. The van der Waals surface area contributed by atoms with Gasteiger partial charge in [-0.15, -0.1) is 0 Å². The van der Waals surface area contributed by atoms with E-state index in [0.29, 0.717) is 35.5 Å². The Morgan fingerprint density at radius 1 is 0.567 bits per heavy atom. The van der Waals surface area contributed by atoms with Crippen LogP contribution < -0.4 is 0 Å². The van der Waals surface area contributed by atoms with Crippen molar-refractivity contribution in [1.29, 1.82) is 0 Å². The highest BCUT2D eigenvalue weighted by atomic mass is 19.1. The van der Waals surface area contributed by atoms with Crippen molar-refractivity contribution in [3.8, 4) is 22.3 Å². The summed E-state index contributed by atoms with van der Waals surface area (Å²) in [6.45, 7) is 4.07. The van der Waals surface area contributed by atoms with Gasteiger partial charge >= 0.3 is 11.9 Å². The van der Waals surface area contributed by atoms with Crippen LogP contribution in [0.4, 0.5) is 8.78 Å². The van der Waals surface area contributed by atoms with E-state index in [4.69, 9.17) is 9.47 Å². The van der Waals surface area contributed by atoms with Gasteiger partial charge in [0.15, 0.2) is 0 Å². The zero-order valence-electron chi connectivity index (χ0n) is 34.7. The predicted octanol–water partition coefficient (Wildman–Crippen LogP) is 11.8. The second kappa shape index (κ2) is 17.6. The van der Waals surface area contributed by atoms with Crippen LogP contribution in [0.1, 0.15) is 89.4 Å². The molecule has 4 aliphatic carbocycles. The van der Waals surface area contributed by atoms with Crippen molar-refractivity contribution in [2.24, 2.45) is 59.2 Å². The lowest BCUT2D eigenvalue weighted by Crippen LogP contribution is -2.43. The summed E-state index contributed by atoms with van der Waals surface area (Å²) in [5.74, 6) is 3.32. The minimum absolute atomic E-state index is 0.0242. The van der Waals surface area contributed by atoms with Crippen molar-refractivity contribution < 1.29 is 27.8 Å². The largest absolute Gasteiger partial charge is 0.462 e. The topological polar surface area (TPSA) is 78.4 Å². The molecule has 4 aromatic rings. The Hall–Kier alpha value is -4.98. The number of carbonyl (C=O) groups excluding carboxylic acids is 2. The Bertz CT molecular complexity index is 2200. The molecule has 4 saturated carbocycles. The van der Waals surface area contributed by atoms with Crippen LogP contribution in [0, 0.1) is 70.8 Å². The predicted molar refractivity (Wildman–Crippen MR) is 230 cm³/mol. The number of nitrogens with zero attached hydrogens (tertiary/aromatic N) is 2. The van der Waals surface area contributed by atoms with Gasteiger partial charge in [-0.2, -0.15) is 0 Å². The number of carbonyl (C=O) groups is 2. The average molecular weight is 811 g/mol. The van der Waals surface area contributed by atoms with Crippen molar-refractivity contribution in [1.82, 2.24) is 9.97 Å². The zero-order valence-corrected chi connectivity index (χ0v) is 34.7. The Balaban J connectivity index is 0.000000154. The fourth-order valence-electron chi connectivity index (χ4n) is 12.1. The first kappa shape index (κ1) is 40.4. The van der Waals surface area contributed by atoms with E-state index < -0.39 is 0 Å². The molecule has 10 rings (SSSR count). The molecule has 2 aromatic carbocycles. The van der Waals surface area contributed by atoms with E-state index in [0.717, 1.165) is 46.5 Å². The molecule has 2 aliphatic heterocycles. The highest BCUT2D eigenvalue weighted by Crippen LogP contribution is 2.54. The van der Waals surface area contributed by atoms with E-state index in [1.165, 1.54) is 75.6 Å². The van der Waals surface area contributed by atoms with E-state index in [2.05, 4.69) is 34.3 Å². The van der Waals surface area contributed by atoms with Crippen molar-refractivity contribution in [2.75, 3.05) is 0 Å². The van der Waals surface area contributed by atoms with Crippen LogP contribution >= 0.6 is 0 Å². The third-order valence-electron chi connectivity index (χ3n) is 15.1. The van der Waals surface area contributed by atoms with Gasteiger partial charge in [0, 0.05) is 35.4 Å². The minimum atomic E-state index is -0.243. The van der Waals surface area contributed by atoms with Crippen LogP contribution in [0.5, 0.6) is 0 Å². The summed E-state index contributed by atoms with van der Waals surface area (Å²) >= 11 is 0. The number of halogens is 2. The lowest BCUT2D eigenvalue weighted by Gasteiger charge is -2.46. The van der Waals surface area contributed by atoms with Crippen LogP contribution in [-0.2, 0) is 19.1 Å². The molecule has 312 valence electrons. The van der Waals surface area contributed by atoms with Crippen LogP contribution in [0.3, 0.4) is 0 Å². The van der Waals surface area contributed by atoms with Crippen LogP contribution in [0.25, 0.3) is 34.4 Å². The highest BCUT2D eigenvalue weighted by molar-refractivity contribution is 5.76. The van der Waals surface area contributed by atoms with Gasteiger partial charge < -0.3 is 9.47 Å². The number of rotatable bonds is 6. The second-order valence-corrected chi connectivity index (χ2v) is 18.4. The van der Waals surface area contributed by atoms with Gasteiger partial charge in [-0.3, -0.25) is 19.6 Å². The Morgan fingerprint density at radius 3 is 1.53 bits per heavy atom. The van der Waals surface area contributed by atoms with Gasteiger partial charge in [-0.25, -0.2) is 8.78 Å². The summed E-state index contributed by atoms with van der Waals surface area (Å²) in [7, 11) is 0. The first-order chi connectivity index (χ1) is 29.2. The van der Waals surface area contributed by atoms with Gasteiger partial charge in [0.2, 0.25) is 0 Å². The molecule has 8 heteroatoms. The third kappa shape index (κ3) is 8.36. The minimum Gasteiger partial charge on any atom is -0.462 e. The first-order valence-corrected chi connectivity index (χ1v) is 22.4. The maximum absolute atomic E-state index is 13.5. The van der Waals surface area contributed by atoms with E-state index in [9.17, 15) is 18.4 Å². The molecule has 6 fully saturated rings. The fourth-order valence-corrected chi connectivity index (χ4v) is 12.1. The molecule has 0 amide bonds. The average Bonchev–Trinajstić information content (AvgIpc) is 3.72. The molecule has 0 radical (unpaired) electrons. The van der Waals surface area contributed by atoms with Crippen LogP contribution in [0.15, 0.2) is 97.3 Å². The number of benzene rings is 2. The third-order valence-corrected chi connectivity index (χ3v) is 15.1. The molecular weight excluding hydrogens is 755 g/mol. The molecular formula is C52H56F2N2O4. The molecule has 6 nitrogen and oxygen atoms in total. The monoisotopic (exact) mass is 810 g/mol. The Morgan fingerprint density at radius 2 is 1.05 bits per heavy atom. The van der Waals surface area contributed by atoms with Gasteiger partial charge in [0.25, 0.3) is 0 Å². The van der Waals surface area contributed by atoms with Crippen molar-refractivity contribution in [3.63, 3.8) is 0 Å². The number of aromatic nitrogens is 2. The van der Waals surface area contributed by atoms with Crippen LogP contribution in [0.2, 0.25) is 0 Å². The van der Waals surface area contributed by atoms with Gasteiger partial charge in [-0.1, -0.05) is 101 Å². The number of esters is 2. The molecule has 0 bridgehead atoms. The number of allylic oxidation sites excluding steroid dienone is 2. The molecule has 0 N–H and O–H groups in total. The SMILES string of the molecule is C[C@@H]1C(=O)O[C@H]2C[C@@H]3CCCC[C@H]3[C@H](/C=C/c3ccc(-c4ccc(F)cc4)cn3)[C@H]21.C[C@@H]1C(=O)O[C@H]2C[C@@H]3CCCC[C@H]3[C@H](/C=C/c3ccc(-c4cccc(F)c4)cn3)[C@H]21. The summed E-state index contributed by atoms with van der Waals surface area (Å²) in [5.41, 5.74) is 5.46. The number of hydrogen-bond donors (Lipinski definition) is 0. The molecule has 60 heavy (non-hydrogen) atoms. The molecule has 6 aliphatic rings. The number of ether oxygens (including phenoxy) is 2. The lowest BCUT2D eigenvalue weighted by molar-refractivity contribution is -0.146. The molecule has 0 spiro atoms. The number of pyridine rings is 2. The molecule has 2 aromatic heterocycles. The Kier molecular flexibility index (Phi) is 11.8. The van der Waals surface area contributed by atoms with E-state index >= 15 is 0 Å². The first-order valence-electron chi connectivity index (χ1n) is 22.4. The maximum Gasteiger partial charge on any atom is 0.309 e. The quantitative estimate of drug-likeness (QED) is 0.181. The van der Waals surface area contributed by atoms with Crippen molar-refractivity contribution in [2.45, 2.75) is 90.3 Å². The molecule has 0 unspecified atom stereocenters.